The van der Waals surface area contributed by atoms with Crippen LogP contribution in [0.3, 0.4) is 0 Å². The van der Waals surface area contributed by atoms with E-state index in [1.807, 2.05) is 0 Å². The summed E-state index contributed by atoms with van der Waals surface area (Å²) in [4.78, 5) is 12.3. The zero-order chi connectivity index (χ0) is 30.1. The van der Waals surface area contributed by atoms with E-state index < -0.39 is 0 Å². The molecule has 0 spiro atoms. The van der Waals surface area contributed by atoms with Crippen molar-refractivity contribution in [2.24, 2.45) is 0 Å². The zero-order valence-electron chi connectivity index (χ0n) is 29.9. The molecule has 0 atom stereocenters. The van der Waals surface area contributed by atoms with Gasteiger partial charge in [0.15, 0.2) is 0 Å². The predicted octanol–water partition coefficient (Wildman–Crippen LogP) is 14.4. The third-order valence-electron chi connectivity index (χ3n) is 9.32. The molecule has 0 aliphatic carbocycles. The Labute approximate surface area is 266 Å². The number of hydrogen-bond donors (Lipinski definition) is 1. The molecule has 0 unspecified atom stereocenters. The Hall–Kier alpha value is -0.570. The van der Waals surface area contributed by atoms with Crippen LogP contribution in [0.4, 0.5) is 0 Å². The summed E-state index contributed by atoms with van der Waals surface area (Å²) in [5.41, 5.74) is -0.202. The van der Waals surface area contributed by atoms with Crippen LogP contribution < -0.4 is 6.15 Å². The van der Waals surface area contributed by atoms with Crippen molar-refractivity contribution in [3.63, 3.8) is 0 Å². The highest BCUT2D eigenvalue weighted by Crippen LogP contribution is 2.33. The molecule has 0 aromatic carbocycles. The van der Waals surface area contributed by atoms with Gasteiger partial charge >= 0.3 is 5.97 Å². The van der Waals surface area contributed by atoms with E-state index in [9.17, 15) is 4.79 Å². The summed E-state index contributed by atoms with van der Waals surface area (Å²) in [5, 5.41) is 0. The van der Waals surface area contributed by atoms with Crippen molar-refractivity contribution in [3.8, 4) is 0 Å². The van der Waals surface area contributed by atoms with Crippen LogP contribution in [-0.4, -0.2) is 11.6 Å². The van der Waals surface area contributed by atoms with Crippen LogP contribution in [0.5, 0.6) is 0 Å². The average Bonchev–Trinajstić information content (AvgIpc) is 2.95. The number of ether oxygens (including phenoxy) is 1. The fourth-order valence-corrected chi connectivity index (χ4v) is 6.64. The van der Waals surface area contributed by atoms with E-state index in [2.05, 4.69) is 20.8 Å². The molecule has 0 aromatic rings. The maximum Gasteiger partial charge on any atom is 0.303 e. The third-order valence-corrected chi connectivity index (χ3v) is 9.32. The second kappa shape index (κ2) is 34.9. The molecule has 0 aliphatic heterocycles. The first-order chi connectivity index (χ1) is 20.1. The normalized spacial score (nSPS) is 11.5. The molecule has 0 aliphatic rings. The van der Waals surface area contributed by atoms with Crippen molar-refractivity contribution in [3.05, 3.63) is 0 Å². The van der Waals surface area contributed by atoms with Gasteiger partial charge in [-0.05, 0) is 38.5 Å². The molecule has 0 rings (SSSR count). The molecule has 42 heavy (non-hydrogen) atoms. The van der Waals surface area contributed by atoms with E-state index in [0.717, 1.165) is 19.3 Å². The first-order valence-corrected chi connectivity index (χ1v) is 19.3. The van der Waals surface area contributed by atoms with Crippen LogP contribution in [0.2, 0.25) is 0 Å². The van der Waals surface area contributed by atoms with Crippen molar-refractivity contribution in [2.75, 3.05) is 0 Å². The van der Waals surface area contributed by atoms with E-state index in [1.165, 1.54) is 193 Å². The molecule has 0 heterocycles. The van der Waals surface area contributed by atoms with E-state index in [1.54, 1.807) is 6.92 Å². The van der Waals surface area contributed by atoms with Crippen molar-refractivity contribution < 1.29 is 9.53 Å². The molecule has 0 fully saturated rings. The standard InChI is InChI=1S/C39H78O2.H3N/c1-5-8-11-14-17-20-23-26-29-32-35-39(41-38(4)40,36-33-30-27-24-21-18-15-12-9-6-2)37-34-31-28-25-22-19-16-13-10-7-3;/h5-37H2,1-4H3;1H3. The average molecular weight is 596 g/mol. The Morgan fingerprint density at radius 1 is 0.381 bits per heavy atom. The third kappa shape index (κ3) is 30.9. The molecular weight excluding hydrogens is 514 g/mol. The fourth-order valence-electron chi connectivity index (χ4n) is 6.64. The largest absolute Gasteiger partial charge is 0.459 e. The lowest BCUT2D eigenvalue weighted by atomic mass is 9.84. The van der Waals surface area contributed by atoms with Crippen LogP contribution in [-0.2, 0) is 9.53 Å². The monoisotopic (exact) mass is 596 g/mol. The van der Waals surface area contributed by atoms with Gasteiger partial charge in [0.2, 0.25) is 0 Å². The lowest BCUT2D eigenvalue weighted by Crippen LogP contribution is -2.35. The lowest BCUT2D eigenvalue weighted by molar-refractivity contribution is -0.160. The van der Waals surface area contributed by atoms with Crippen LogP contribution in [0, 0.1) is 0 Å². The van der Waals surface area contributed by atoms with Gasteiger partial charge in [-0.15, -0.1) is 0 Å². The first-order valence-electron chi connectivity index (χ1n) is 19.3. The Morgan fingerprint density at radius 3 is 0.762 bits per heavy atom. The van der Waals surface area contributed by atoms with Gasteiger partial charge < -0.3 is 10.9 Å². The van der Waals surface area contributed by atoms with Crippen molar-refractivity contribution >= 4 is 5.97 Å². The van der Waals surface area contributed by atoms with Crippen LogP contribution in [0.15, 0.2) is 0 Å². The Kier molecular flexibility index (Phi) is 36.2. The molecule has 0 aromatic heterocycles. The van der Waals surface area contributed by atoms with Crippen LogP contribution in [0.1, 0.15) is 240 Å². The topological polar surface area (TPSA) is 61.3 Å². The number of carbonyl (C=O) groups is 1. The minimum Gasteiger partial charge on any atom is -0.459 e. The molecule has 0 bridgehead atoms. The van der Waals surface area contributed by atoms with E-state index >= 15 is 0 Å². The highest BCUT2D eigenvalue weighted by molar-refractivity contribution is 5.66. The van der Waals surface area contributed by atoms with Gasteiger partial charge in [0.25, 0.3) is 0 Å². The first kappa shape index (κ1) is 43.6. The molecule has 0 radical (unpaired) electrons. The quantitative estimate of drug-likeness (QED) is 0.0594. The number of hydrogen-bond acceptors (Lipinski definition) is 3. The van der Waals surface area contributed by atoms with Gasteiger partial charge in [0.1, 0.15) is 5.60 Å². The minimum absolute atomic E-state index is 0. The van der Waals surface area contributed by atoms with E-state index in [-0.39, 0.29) is 17.7 Å². The summed E-state index contributed by atoms with van der Waals surface area (Å²) in [6.07, 6.45) is 44.1. The summed E-state index contributed by atoms with van der Waals surface area (Å²) in [6.45, 7) is 8.53. The van der Waals surface area contributed by atoms with Crippen LogP contribution >= 0.6 is 0 Å². The molecule has 254 valence electrons. The number of esters is 1. The maximum absolute atomic E-state index is 12.3. The minimum atomic E-state index is -0.202. The summed E-state index contributed by atoms with van der Waals surface area (Å²) >= 11 is 0. The van der Waals surface area contributed by atoms with Gasteiger partial charge in [-0.1, -0.05) is 194 Å². The molecular formula is C39H81NO2. The van der Waals surface area contributed by atoms with E-state index in [0.29, 0.717) is 0 Å². The molecule has 0 amide bonds. The summed E-state index contributed by atoms with van der Waals surface area (Å²) < 4.78 is 6.25. The molecule has 0 saturated carbocycles. The molecule has 3 heteroatoms. The number of rotatable bonds is 34. The predicted molar refractivity (Wildman–Crippen MR) is 189 cm³/mol. The van der Waals surface area contributed by atoms with Gasteiger partial charge in [0, 0.05) is 6.92 Å². The lowest BCUT2D eigenvalue weighted by Gasteiger charge is -2.34. The highest BCUT2D eigenvalue weighted by atomic mass is 16.6. The smallest absolute Gasteiger partial charge is 0.303 e. The SMILES string of the molecule is CCCCCCCCCCCCC(CCCCCCCCCCCC)(CCCCCCCCCCCC)OC(C)=O.N. The fraction of sp³-hybridized carbons (Fsp3) is 0.974. The van der Waals surface area contributed by atoms with Gasteiger partial charge in [0.05, 0.1) is 0 Å². The molecule has 3 nitrogen and oxygen atoms in total. The van der Waals surface area contributed by atoms with E-state index in [4.69, 9.17) is 4.74 Å². The number of unbranched alkanes of at least 4 members (excludes halogenated alkanes) is 27. The Bertz CT molecular complexity index is 461. The van der Waals surface area contributed by atoms with Gasteiger partial charge in [-0.2, -0.15) is 0 Å². The number of carbonyl (C=O) groups excluding carboxylic acids is 1. The van der Waals surface area contributed by atoms with Crippen molar-refractivity contribution in [1.29, 1.82) is 0 Å². The zero-order valence-corrected chi connectivity index (χ0v) is 29.9. The second-order valence-electron chi connectivity index (χ2n) is 13.6. The Morgan fingerprint density at radius 2 is 0.571 bits per heavy atom. The van der Waals surface area contributed by atoms with Gasteiger partial charge in [-0.25, -0.2) is 0 Å². The maximum atomic E-state index is 12.3. The second-order valence-corrected chi connectivity index (χ2v) is 13.6. The summed E-state index contributed by atoms with van der Waals surface area (Å²) in [5.74, 6) is -0.0590. The summed E-state index contributed by atoms with van der Waals surface area (Å²) in [7, 11) is 0. The van der Waals surface area contributed by atoms with Crippen molar-refractivity contribution in [2.45, 2.75) is 245 Å². The molecule has 3 N–H and O–H groups in total. The van der Waals surface area contributed by atoms with Gasteiger partial charge in [-0.3, -0.25) is 4.79 Å². The summed E-state index contributed by atoms with van der Waals surface area (Å²) in [6, 6.07) is 0. The highest BCUT2D eigenvalue weighted by Gasteiger charge is 2.32. The van der Waals surface area contributed by atoms with Crippen LogP contribution in [0.25, 0.3) is 0 Å². The Balaban J connectivity index is 0. The molecule has 0 saturated heterocycles. The van der Waals surface area contributed by atoms with Crippen molar-refractivity contribution in [1.82, 2.24) is 6.15 Å².